The maximum Gasteiger partial charge on any atom is 0.126 e. The Kier molecular flexibility index (Phi) is 1.68. The summed E-state index contributed by atoms with van der Waals surface area (Å²) in [4.78, 5) is 2.83. The van der Waals surface area contributed by atoms with Crippen LogP contribution < -0.4 is 5.73 Å². The molecule has 0 saturated carbocycles. The van der Waals surface area contributed by atoms with Gasteiger partial charge in [-0.15, -0.1) is 0 Å². The van der Waals surface area contributed by atoms with Crippen LogP contribution in [0.4, 0.5) is 10.2 Å². The zero-order valence-corrected chi connectivity index (χ0v) is 7.56. The van der Waals surface area contributed by atoms with Gasteiger partial charge in [0.1, 0.15) is 23.3 Å². The fourth-order valence-corrected chi connectivity index (χ4v) is 1.46. The Balaban J connectivity index is 2.91. The summed E-state index contributed by atoms with van der Waals surface area (Å²) in [5, 5.41) is 9.33. The molecule has 3 N–H and O–H groups in total. The molecule has 1 aromatic carbocycles. The quantitative estimate of drug-likeness (QED) is 0.666. The van der Waals surface area contributed by atoms with Crippen molar-refractivity contribution in [2.45, 2.75) is 6.92 Å². The summed E-state index contributed by atoms with van der Waals surface area (Å²) in [6, 6.07) is 4.91. The van der Waals surface area contributed by atoms with Crippen molar-refractivity contribution < 1.29 is 4.39 Å². The lowest BCUT2D eigenvalue weighted by molar-refractivity contribution is 0.620. The molecule has 1 aromatic heterocycles. The van der Waals surface area contributed by atoms with E-state index >= 15 is 0 Å². The standard InChI is InChI=1S/C10H8FN3/c1-5-2-9-6(3-8(5)11)7(4-12)10(13)14-9/h2-3,14H,13H2,1H3. The summed E-state index contributed by atoms with van der Waals surface area (Å²) in [5.74, 6) is -0.0412. The van der Waals surface area contributed by atoms with Gasteiger partial charge in [0.2, 0.25) is 0 Å². The van der Waals surface area contributed by atoms with Gasteiger partial charge in [-0.05, 0) is 24.6 Å². The van der Waals surface area contributed by atoms with Crippen LogP contribution in [0.25, 0.3) is 10.9 Å². The van der Waals surface area contributed by atoms with Crippen LogP contribution in [0.15, 0.2) is 12.1 Å². The van der Waals surface area contributed by atoms with Gasteiger partial charge in [0.25, 0.3) is 0 Å². The molecule has 0 amide bonds. The summed E-state index contributed by atoms with van der Waals surface area (Å²) in [6.07, 6.45) is 0. The number of aromatic nitrogens is 1. The minimum Gasteiger partial charge on any atom is -0.384 e. The maximum absolute atomic E-state index is 13.2. The van der Waals surface area contributed by atoms with Crippen LogP contribution in [0, 0.1) is 24.1 Å². The second-order valence-corrected chi connectivity index (χ2v) is 3.17. The zero-order chi connectivity index (χ0) is 10.3. The number of nitrogen functional groups attached to an aromatic ring is 1. The summed E-state index contributed by atoms with van der Waals surface area (Å²) in [7, 11) is 0. The lowest BCUT2D eigenvalue weighted by Gasteiger charge is -1.95. The number of nitriles is 1. The third-order valence-corrected chi connectivity index (χ3v) is 2.22. The molecule has 0 unspecified atom stereocenters. The Hall–Kier alpha value is -2.02. The summed E-state index contributed by atoms with van der Waals surface area (Å²) in [5.41, 5.74) is 7.09. The number of nitrogens with two attached hydrogens (primary N) is 1. The molecule has 0 aliphatic carbocycles. The van der Waals surface area contributed by atoms with Crippen molar-refractivity contribution in [3.05, 3.63) is 29.1 Å². The highest BCUT2D eigenvalue weighted by Crippen LogP contribution is 2.25. The smallest absolute Gasteiger partial charge is 0.126 e. The number of benzene rings is 1. The highest BCUT2D eigenvalue weighted by Gasteiger charge is 2.10. The number of fused-ring (bicyclic) bond motifs is 1. The second kappa shape index (κ2) is 2.74. The molecule has 0 spiro atoms. The Morgan fingerprint density at radius 3 is 2.86 bits per heavy atom. The molecule has 0 aliphatic heterocycles. The molecule has 0 atom stereocenters. The molecule has 0 saturated heterocycles. The number of halogens is 1. The van der Waals surface area contributed by atoms with Crippen molar-refractivity contribution in [1.82, 2.24) is 4.98 Å². The van der Waals surface area contributed by atoms with Crippen molar-refractivity contribution in [1.29, 1.82) is 5.26 Å². The molecule has 4 heteroatoms. The van der Waals surface area contributed by atoms with Crippen LogP contribution in [-0.2, 0) is 0 Å². The predicted octanol–water partition coefficient (Wildman–Crippen LogP) is 2.07. The van der Waals surface area contributed by atoms with Crippen molar-refractivity contribution in [3.8, 4) is 6.07 Å². The van der Waals surface area contributed by atoms with E-state index in [1.165, 1.54) is 6.07 Å². The SMILES string of the molecule is Cc1cc2[nH]c(N)c(C#N)c2cc1F. The molecule has 2 aromatic rings. The van der Waals surface area contributed by atoms with E-state index in [0.29, 0.717) is 22.0 Å². The number of nitrogens with zero attached hydrogens (tertiary/aromatic N) is 1. The van der Waals surface area contributed by atoms with E-state index in [-0.39, 0.29) is 11.6 Å². The number of anilines is 1. The Morgan fingerprint density at radius 1 is 1.50 bits per heavy atom. The van der Waals surface area contributed by atoms with Gasteiger partial charge >= 0.3 is 0 Å². The third-order valence-electron chi connectivity index (χ3n) is 2.22. The Labute approximate surface area is 80.0 Å². The van der Waals surface area contributed by atoms with E-state index in [2.05, 4.69) is 4.98 Å². The summed E-state index contributed by atoms with van der Waals surface area (Å²) in [6.45, 7) is 1.66. The third kappa shape index (κ3) is 1.03. The van der Waals surface area contributed by atoms with E-state index in [1.54, 1.807) is 13.0 Å². The van der Waals surface area contributed by atoms with Gasteiger partial charge in [-0.25, -0.2) is 4.39 Å². The van der Waals surface area contributed by atoms with Gasteiger partial charge in [0.15, 0.2) is 0 Å². The molecule has 14 heavy (non-hydrogen) atoms. The van der Waals surface area contributed by atoms with Gasteiger partial charge in [0.05, 0.1) is 0 Å². The van der Waals surface area contributed by atoms with E-state index < -0.39 is 0 Å². The first-order valence-electron chi connectivity index (χ1n) is 4.11. The number of aromatic amines is 1. The average Bonchev–Trinajstić information content (AvgIpc) is 2.42. The number of rotatable bonds is 0. The van der Waals surface area contributed by atoms with Crippen LogP contribution in [0.2, 0.25) is 0 Å². The monoisotopic (exact) mass is 189 g/mol. The normalized spacial score (nSPS) is 10.4. The summed E-state index contributed by atoms with van der Waals surface area (Å²) < 4.78 is 13.2. The molecule has 1 heterocycles. The topological polar surface area (TPSA) is 65.6 Å². The molecule has 0 aliphatic rings. The highest BCUT2D eigenvalue weighted by molar-refractivity contribution is 5.91. The largest absolute Gasteiger partial charge is 0.384 e. The molecular formula is C10H8FN3. The Bertz CT molecular complexity index is 548. The molecule has 3 nitrogen and oxygen atoms in total. The fourth-order valence-electron chi connectivity index (χ4n) is 1.46. The van der Waals surface area contributed by atoms with Gasteiger partial charge in [-0.1, -0.05) is 0 Å². The van der Waals surface area contributed by atoms with Crippen molar-refractivity contribution in [3.63, 3.8) is 0 Å². The molecular weight excluding hydrogens is 181 g/mol. The molecule has 70 valence electrons. The Morgan fingerprint density at radius 2 is 2.21 bits per heavy atom. The van der Waals surface area contributed by atoms with E-state index in [4.69, 9.17) is 11.0 Å². The van der Waals surface area contributed by atoms with Gasteiger partial charge in [-0.3, -0.25) is 0 Å². The first-order valence-corrected chi connectivity index (χ1v) is 4.11. The predicted molar refractivity (Wildman–Crippen MR) is 52.1 cm³/mol. The fraction of sp³-hybridized carbons (Fsp3) is 0.100. The van der Waals surface area contributed by atoms with Crippen molar-refractivity contribution >= 4 is 16.7 Å². The van der Waals surface area contributed by atoms with Crippen molar-refractivity contribution in [2.24, 2.45) is 0 Å². The van der Waals surface area contributed by atoms with E-state index in [0.717, 1.165) is 0 Å². The van der Waals surface area contributed by atoms with Gasteiger partial charge in [-0.2, -0.15) is 5.26 Å². The second-order valence-electron chi connectivity index (χ2n) is 3.17. The van der Waals surface area contributed by atoms with Gasteiger partial charge < -0.3 is 10.7 Å². The number of aryl methyl sites for hydroxylation is 1. The minimum atomic E-state index is -0.326. The highest BCUT2D eigenvalue weighted by atomic mass is 19.1. The lowest BCUT2D eigenvalue weighted by atomic mass is 10.1. The van der Waals surface area contributed by atoms with Gasteiger partial charge in [0, 0.05) is 10.9 Å². The molecule has 2 rings (SSSR count). The zero-order valence-electron chi connectivity index (χ0n) is 7.56. The first kappa shape index (κ1) is 8.57. The molecule has 0 fully saturated rings. The van der Waals surface area contributed by atoms with Crippen LogP contribution in [0.5, 0.6) is 0 Å². The number of H-pyrrole nitrogens is 1. The summed E-state index contributed by atoms with van der Waals surface area (Å²) >= 11 is 0. The van der Waals surface area contributed by atoms with Crippen LogP contribution >= 0.6 is 0 Å². The lowest BCUT2D eigenvalue weighted by Crippen LogP contribution is -1.86. The molecule has 0 bridgehead atoms. The average molecular weight is 189 g/mol. The number of nitrogens with one attached hydrogen (secondary N) is 1. The van der Waals surface area contributed by atoms with Crippen LogP contribution in [0.1, 0.15) is 11.1 Å². The first-order chi connectivity index (χ1) is 6.63. The number of hydrogen-bond donors (Lipinski definition) is 2. The van der Waals surface area contributed by atoms with E-state index in [1.807, 2.05) is 6.07 Å². The minimum absolute atomic E-state index is 0.285. The van der Waals surface area contributed by atoms with Crippen molar-refractivity contribution in [2.75, 3.05) is 5.73 Å². The molecule has 0 radical (unpaired) electrons. The maximum atomic E-state index is 13.2. The van der Waals surface area contributed by atoms with Crippen LogP contribution in [0.3, 0.4) is 0 Å². The van der Waals surface area contributed by atoms with E-state index in [9.17, 15) is 4.39 Å². The number of hydrogen-bond acceptors (Lipinski definition) is 2. The van der Waals surface area contributed by atoms with Crippen LogP contribution in [-0.4, -0.2) is 4.98 Å².